The fraction of sp³-hybridized carbons (Fsp3) is 0.621. The summed E-state index contributed by atoms with van der Waals surface area (Å²) >= 11 is 6.56. The van der Waals surface area contributed by atoms with Crippen LogP contribution in [0.5, 0.6) is 0 Å². The molecule has 2 N–H and O–H groups in total. The highest BCUT2D eigenvalue weighted by Crippen LogP contribution is 2.61. The van der Waals surface area contributed by atoms with Crippen LogP contribution in [-0.4, -0.2) is 46.4 Å². The maximum Gasteiger partial charge on any atom is 0.0921 e. The van der Waals surface area contributed by atoms with Gasteiger partial charge in [0.25, 0.3) is 0 Å². The molecule has 1 aromatic heterocycles. The minimum Gasteiger partial charge on any atom is -0.384 e. The topological polar surface area (TPSA) is 44.0 Å². The molecule has 0 spiro atoms. The van der Waals surface area contributed by atoms with Crippen molar-refractivity contribution >= 4 is 11.6 Å². The van der Waals surface area contributed by atoms with Crippen LogP contribution < -0.4 is 5.32 Å². The van der Waals surface area contributed by atoms with E-state index in [0.717, 1.165) is 37.1 Å². The number of likely N-dealkylation sites (tertiary alicyclic amines) is 1. The maximum atomic E-state index is 6.56. The van der Waals surface area contributed by atoms with Gasteiger partial charge in [0, 0.05) is 30.1 Å². The number of unbranched alkanes of at least 4 members (excludes halogenated alkanes) is 2. The molecule has 0 radical (unpaired) electrons. The lowest BCUT2D eigenvalue weighted by Crippen LogP contribution is -2.30. The standard InChI is InChI=1S/C29H39ClN4/c30-22-9-10-24-21(17-22)8-7-20-5-4-13-32-29(20)28(24)27-25-11-15-34(16-12-26(25)27)14-3-1-2-6-23-18-31-19-33-23/h4-5,9-10,18-19,22,25-28,32H,1-3,6-8,11-17H2,(H,31,33)/t22?,25-,26?,27?,28?/m1/s1. The van der Waals surface area contributed by atoms with Gasteiger partial charge in [0.1, 0.15) is 0 Å². The van der Waals surface area contributed by atoms with Crippen LogP contribution in [0.25, 0.3) is 0 Å². The van der Waals surface area contributed by atoms with Crippen molar-refractivity contribution in [2.75, 3.05) is 26.2 Å². The molecule has 34 heavy (non-hydrogen) atoms. The van der Waals surface area contributed by atoms with Gasteiger partial charge in [0.2, 0.25) is 0 Å². The van der Waals surface area contributed by atoms with Gasteiger partial charge in [0.05, 0.1) is 11.7 Å². The van der Waals surface area contributed by atoms with Gasteiger partial charge < -0.3 is 15.2 Å². The van der Waals surface area contributed by atoms with Crippen molar-refractivity contribution in [3.8, 4) is 0 Å². The fourth-order valence-corrected chi connectivity index (χ4v) is 7.55. The zero-order valence-electron chi connectivity index (χ0n) is 20.3. The highest BCUT2D eigenvalue weighted by molar-refractivity contribution is 6.22. The first-order chi connectivity index (χ1) is 16.8. The van der Waals surface area contributed by atoms with Gasteiger partial charge in [-0.25, -0.2) is 4.98 Å². The van der Waals surface area contributed by atoms with Crippen molar-refractivity contribution in [3.63, 3.8) is 0 Å². The molecule has 1 saturated carbocycles. The highest BCUT2D eigenvalue weighted by atomic mass is 35.5. The summed E-state index contributed by atoms with van der Waals surface area (Å²) in [6.45, 7) is 4.83. The van der Waals surface area contributed by atoms with Crippen molar-refractivity contribution in [3.05, 3.63) is 64.9 Å². The molecule has 4 unspecified atom stereocenters. The van der Waals surface area contributed by atoms with E-state index in [1.165, 1.54) is 70.3 Å². The van der Waals surface area contributed by atoms with Gasteiger partial charge in [-0.15, -0.1) is 11.6 Å². The molecule has 5 heteroatoms. The summed E-state index contributed by atoms with van der Waals surface area (Å²) in [6.07, 6.45) is 24.3. The highest BCUT2D eigenvalue weighted by Gasteiger charge is 2.56. The van der Waals surface area contributed by atoms with E-state index < -0.39 is 0 Å². The number of allylic oxidation sites excluding steroid dienone is 6. The number of hydrogen-bond donors (Lipinski definition) is 2. The smallest absolute Gasteiger partial charge is 0.0921 e. The third-order valence-electron chi connectivity index (χ3n) is 9.07. The van der Waals surface area contributed by atoms with E-state index >= 15 is 0 Å². The monoisotopic (exact) mass is 478 g/mol. The van der Waals surface area contributed by atoms with Crippen LogP contribution in [0, 0.1) is 23.7 Å². The molecule has 0 aromatic carbocycles. The number of aromatic nitrogens is 2. The van der Waals surface area contributed by atoms with Gasteiger partial charge >= 0.3 is 0 Å². The molecule has 1 aromatic rings. The molecule has 3 aliphatic carbocycles. The van der Waals surface area contributed by atoms with Crippen molar-refractivity contribution < 1.29 is 0 Å². The summed E-state index contributed by atoms with van der Waals surface area (Å²) in [5.41, 5.74) is 7.64. The predicted octanol–water partition coefficient (Wildman–Crippen LogP) is 5.77. The third kappa shape index (κ3) is 4.68. The minimum atomic E-state index is 0.177. The second-order valence-electron chi connectivity index (χ2n) is 11.0. The summed E-state index contributed by atoms with van der Waals surface area (Å²) in [7, 11) is 0. The molecule has 4 nitrogen and oxygen atoms in total. The maximum absolute atomic E-state index is 6.56. The number of nitrogens with zero attached hydrogens (tertiary/aromatic N) is 2. The molecule has 3 heterocycles. The van der Waals surface area contributed by atoms with E-state index in [9.17, 15) is 0 Å². The quantitative estimate of drug-likeness (QED) is 0.386. The van der Waals surface area contributed by atoms with Crippen LogP contribution in [0.15, 0.2) is 59.2 Å². The Kier molecular flexibility index (Phi) is 6.71. The van der Waals surface area contributed by atoms with Crippen molar-refractivity contribution in [1.29, 1.82) is 0 Å². The van der Waals surface area contributed by atoms with Gasteiger partial charge in [-0.2, -0.15) is 0 Å². The van der Waals surface area contributed by atoms with E-state index in [1.54, 1.807) is 28.7 Å². The number of H-pyrrole nitrogens is 1. The molecule has 6 rings (SSSR count). The minimum absolute atomic E-state index is 0.177. The lowest BCUT2D eigenvalue weighted by molar-refractivity contribution is 0.259. The molecule has 182 valence electrons. The Morgan fingerprint density at radius 3 is 2.76 bits per heavy atom. The lowest BCUT2D eigenvalue weighted by Gasteiger charge is -2.30. The van der Waals surface area contributed by atoms with Gasteiger partial charge in [-0.05, 0) is 99.9 Å². The van der Waals surface area contributed by atoms with Gasteiger partial charge in [-0.3, -0.25) is 0 Å². The van der Waals surface area contributed by atoms with E-state index in [2.05, 4.69) is 44.5 Å². The van der Waals surface area contributed by atoms with Crippen LogP contribution in [0.1, 0.15) is 57.1 Å². The second-order valence-corrected chi connectivity index (χ2v) is 11.6. The summed E-state index contributed by atoms with van der Waals surface area (Å²) in [5, 5.41) is 4.01. The first-order valence-corrected chi connectivity index (χ1v) is 14.1. The summed E-state index contributed by atoms with van der Waals surface area (Å²) in [6, 6.07) is 0. The number of rotatable bonds is 7. The van der Waals surface area contributed by atoms with Crippen LogP contribution in [-0.2, 0) is 6.42 Å². The molecular formula is C29H39ClN4. The Hall–Kier alpha value is -1.78. The van der Waals surface area contributed by atoms with E-state index in [0.29, 0.717) is 5.92 Å². The lowest BCUT2D eigenvalue weighted by atomic mass is 9.81. The van der Waals surface area contributed by atoms with Crippen LogP contribution in [0.4, 0.5) is 0 Å². The first kappa shape index (κ1) is 22.7. The predicted molar refractivity (Wildman–Crippen MR) is 140 cm³/mol. The zero-order valence-corrected chi connectivity index (χ0v) is 21.1. The summed E-state index contributed by atoms with van der Waals surface area (Å²) in [5.74, 6) is 3.18. The Bertz CT molecular complexity index is 974. The molecule has 5 atom stereocenters. The second kappa shape index (κ2) is 10.1. The van der Waals surface area contributed by atoms with Gasteiger partial charge in [-0.1, -0.05) is 36.3 Å². The van der Waals surface area contributed by atoms with E-state index in [-0.39, 0.29) is 5.38 Å². The molecule has 2 fully saturated rings. The Labute approximate surface area is 209 Å². The molecule has 0 amide bonds. The Morgan fingerprint density at radius 1 is 1.06 bits per heavy atom. The number of aryl methyl sites for hydroxylation is 1. The molecular weight excluding hydrogens is 440 g/mol. The number of dihydropyridines is 1. The van der Waals surface area contributed by atoms with Crippen LogP contribution in [0.3, 0.4) is 0 Å². The summed E-state index contributed by atoms with van der Waals surface area (Å²) in [4.78, 5) is 10.1. The number of aromatic amines is 1. The van der Waals surface area contributed by atoms with Crippen LogP contribution >= 0.6 is 11.6 Å². The molecule has 1 saturated heterocycles. The van der Waals surface area contributed by atoms with Crippen LogP contribution in [0.2, 0.25) is 0 Å². The Morgan fingerprint density at radius 2 is 1.94 bits per heavy atom. The van der Waals surface area contributed by atoms with Gasteiger partial charge in [0.15, 0.2) is 0 Å². The number of alkyl halides is 1. The molecule has 0 bridgehead atoms. The zero-order chi connectivity index (χ0) is 22.9. The number of fused-ring (bicyclic) bond motifs is 1. The molecule has 5 aliphatic rings. The summed E-state index contributed by atoms with van der Waals surface area (Å²) < 4.78 is 0. The van der Waals surface area contributed by atoms with Crippen molar-refractivity contribution in [2.24, 2.45) is 23.7 Å². The number of imidazole rings is 1. The largest absolute Gasteiger partial charge is 0.384 e. The SMILES string of the molecule is ClC1C=CC2=C(CCC3=C(NCC=C3)C2C2C3CCN(CCCCCc4cnc[nH]4)CC[C@H]32)C1. The number of hydrogen-bond acceptors (Lipinski definition) is 3. The van der Waals surface area contributed by atoms with Crippen molar-refractivity contribution in [1.82, 2.24) is 20.2 Å². The first-order valence-electron chi connectivity index (χ1n) is 13.6. The molecule has 2 aliphatic heterocycles. The number of nitrogens with one attached hydrogen (secondary N) is 2. The average Bonchev–Trinajstić information content (AvgIpc) is 3.39. The van der Waals surface area contributed by atoms with E-state index in [1.807, 2.05) is 6.20 Å². The number of halogens is 1. The normalized spacial score (nSPS) is 33.0. The fourth-order valence-electron chi connectivity index (χ4n) is 7.29. The average molecular weight is 479 g/mol. The third-order valence-corrected chi connectivity index (χ3v) is 9.37. The van der Waals surface area contributed by atoms with E-state index in [4.69, 9.17) is 11.6 Å². The Balaban J connectivity index is 1.07. The van der Waals surface area contributed by atoms with Crippen molar-refractivity contribution in [2.45, 2.75) is 63.2 Å².